The second-order valence-corrected chi connectivity index (χ2v) is 7.90. The van der Waals surface area contributed by atoms with E-state index in [2.05, 4.69) is 20.4 Å². The second-order valence-electron chi connectivity index (χ2n) is 7.90. The van der Waals surface area contributed by atoms with E-state index in [1.807, 2.05) is 38.7 Å². The van der Waals surface area contributed by atoms with E-state index in [1.165, 1.54) is 6.07 Å². The van der Waals surface area contributed by atoms with E-state index in [1.54, 1.807) is 17.0 Å². The Morgan fingerprint density at radius 3 is 2.71 bits per heavy atom. The molecule has 9 nitrogen and oxygen atoms in total. The first-order valence-corrected chi connectivity index (χ1v) is 9.98. The lowest BCUT2D eigenvalue weighted by Crippen LogP contribution is -2.06. The number of nitrogen functional groups attached to an aromatic ring is 1. The highest BCUT2D eigenvalue weighted by molar-refractivity contribution is 6.04. The van der Waals surface area contributed by atoms with Crippen LogP contribution in [0, 0.1) is 12.7 Å². The van der Waals surface area contributed by atoms with Gasteiger partial charge in [0.05, 0.1) is 23.3 Å². The molecule has 1 aliphatic rings. The third kappa shape index (κ3) is 3.02. The van der Waals surface area contributed by atoms with E-state index in [9.17, 15) is 4.39 Å². The van der Waals surface area contributed by atoms with E-state index in [0.717, 1.165) is 22.5 Å². The lowest BCUT2D eigenvalue weighted by Gasteiger charge is -2.09. The summed E-state index contributed by atoms with van der Waals surface area (Å²) in [6, 6.07) is 3.18. The molecular weight excluding hydrogens is 397 g/mol. The molecule has 5 rings (SSSR count). The van der Waals surface area contributed by atoms with Gasteiger partial charge in [-0.05, 0) is 32.9 Å². The molecule has 31 heavy (non-hydrogen) atoms. The number of fused-ring (bicyclic) bond motifs is 2. The Balaban J connectivity index is 1.71. The lowest BCUT2D eigenvalue weighted by molar-refractivity contribution is 0.548. The Kier molecular flexibility index (Phi) is 4.24. The number of anilines is 3. The van der Waals surface area contributed by atoms with Crippen molar-refractivity contribution < 1.29 is 4.39 Å². The smallest absolute Gasteiger partial charge is 0.231 e. The van der Waals surface area contributed by atoms with Crippen LogP contribution in [-0.4, -0.2) is 35.7 Å². The summed E-state index contributed by atoms with van der Waals surface area (Å²) in [6.45, 7) is 6.26. The molecule has 0 fully saturated rings. The molecular formula is C21H22FN9. The molecule has 3 aromatic heterocycles. The summed E-state index contributed by atoms with van der Waals surface area (Å²) in [4.78, 5) is 13.4. The predicted octanol–water partition coefficient (Wildman–Crippen LogP) is 3.51. The number of hydrogen-bond acceptors (Lipinski definition) is 7. The second kappa shape index (κ2) is 6.86. The molecule has 0 saturated heterocycles. The first kappa shape index (κ1) is 19.2. The number of nitrogens with zero attached hydrogens (tertiary/aromatic N) is 7. The number of benzene rings is 1. The fourth-order valence-corrected chi connectivity index (χ4v) is 3.89. The van der Waals surface area contributed by atoms with Crippen LogP contribution in [0.5, 0.6) is 0 Å². The summed E-state index contributed by atoms with van der Waals surface area (Å²) in [6.07, 6.45) is 3.54. The van der Waals surface area contributed by atoms with E-state index in [0.29, 0.717) is 40.6 Å². The van der Waals surface area contributed by atoms with Gasteiger partial charge in [0, 0.05) is 42.2 Å². The number of nitrogens with two attached hydrogens (primary N) is 1. The maximum Gasteiger partial charge on any atom is 0.231 e. The first-order valence-electron chi connectivity index (χ1n) is 9.98. The SMILES string of the molecule is Cc1nn(C)cc1Nc1nc(N)c2c(-c3ccc(F)c4c3C=NC4)nn(C(C)C)c2n1. The molecule has 1 aromatic carbocycles. The zero-order chi connectivity index (χ0) is 21.9. The van der Waals surface area contributed by atoms with Crippen LogP contribution in [0.3, 0.4) is 0 Å². The number of rotatable bonds is 4. The minimum Gasteiger partial charge on any atom is -0.383 e. The molecule has 0 spiro atoms. The van der Waals surface area contributed by atoms with Crippen LogP contribution >= 0.6 is 0 Å². The maximum absolute atomic E-state index is 14.2. The molecule has 0 saturated carbocycles. The third-order valence-electron chi connectivity index (χ3n) is 5.35. The Hall–Kier alpha value is -3.82. The Morgan fingerprint density at radius 2 is 2.00 bits per heavy atom. The van der Waals surface area contributed by atoms with Crippen molar-refractivity contribution in [2.45, 2.75) is 33.4 Å². The van der Waals surface area contributed by atoms with Gasteiger partial charge in [-0.3, -0.25) is 9.67 Å². The van der Waals surface area contributed by atoms with Gasteiger partial charge in [-0.25, -0.2) is 9.07 Å². The van der Waals surface area contributed by atoms with Crippen LogP contribution in [0.4, 0.5) is 21.8 Å². The van der Waals surface area contributed by atoms with Crippen LogP contribution in [0.15, 0.2) is 23.3 Å². The zero-order valence-electron chi connectivity index (χ0n) is 17.7. The Morgan fingerprint density at radius 1 is 1.19 bits per heavy atom. The minimum absolute atomic E-state index is 0.0284. The number of aliphatic imine (C=N–C) groups is 1. The Labute approximate surface area is 177 Å². The quantitative estimate of drug-likeness (QED) is 0.523. The number of nitrogens with one attached hydrogen (secondary N) is 1. The number of aromatic nitrogens is 6. The molecule has 0 bridgehead atoms. The van der Waals surface area contributed by atoms with Gasteiger partial charge in [0.1, 0.15) is 17.3 Å². The van der Waals surface area contributed by atoms with Crippen LogP contribution in [0.2, 0.25) is 0 Å². The number of halogens is 1. The van der Waals surface area contributed by atoms with Crippen LogP contribution in [-0.2, 0) is 13.6 Å². The molecule has 3 N–H and O–H groups in total. The fourth-order valence-electron chi connectivity index (χ4n) is 3.89. The summed E-state index contributed by atoms with van der Waals surface area (Å²) in [7, 11) is 1.85. The molecule has 0 atom stereocenters. The summed E-state index contributed by atoms with van der Waals surface area (Å²) >= 11 is 0. The van der Waals surface area contributed by atoms with E-state index < -0.39 is 0 Å². The predicted molar refractivity (Wildman–Crippen MR) is 118 cm³/mol. The monoisotopic (exact) mass is 419 g/mol. The van der Waals surface area contributed by atoms with Gasteiger partial charge in [-0.15, -0.1) is 0 Å². The maximum atomic E-state index is 14.2. The zero-order valence-corrected chi connectivity index (χ0v) is 17.7. The summed E-state index contributed by atoms with van der Waals surface area (Å²) < 4.78 is 17.8. The largest absolute Gasteiger partial charge is 0.383 e. The lowest BCUT2D eigenvalue weighted by atomic mass is 9.99. The highest BCUT2D eigenvalue weighted by atomic mass is 19.1. The van der Waals surface area contributed by atoms with Crippen molar-refractivity contribution in [1.82, 2.24) is 29.5 Å². The van der Waals surface area contributed by atoms with Crippen molar-refractivity contribution in [2.24, 2.45) is 12.0 Å². The molecule has 1 aliphatic heterocycles. The van der Waals surface area contributed by atoms with Gasteiger partial charge in [0.15, 0.2) is 5.65 Å². The van der Waals surface area contributed by atoms with Crippen molar-refractivity contribution in [1.29, 1.82) is 0 Å². The molecule has 0 amide bonds. The third-order valence-corrected chi connectivity index (χ3v) is 5.35. The number of hydrogen-bond donors (Lipinski definition) is 2. The molecule has 4 heterocycles. The highest BCUT2D eigenvalue weighted by Gasteiger charge is 2.25. The summed E-state index contributed by atoms with van der Waals surface area (Å²) in [5.74, 6) is 0.385. The first-order chi connectivity index (χ1) is 14.8. The molecule has 0 radical (unpaired) electrons. The van der Waals surface area contributed by atoms with E-state index in [-0.39, 0.29) is 11.9 Å². The van der Waals surface area contributed by atoms with Gasteiger partial charge in [0.25, 0.3) is 0 Å². The van der Waals surface area contributed by atoms with Gasteiger partial charge < -0.3 is 11.1 Å². The van der Waals surface area contributed by atoms with Crippen molar-refractivity contribution >= 4 is 34.7 Å². The van der Waals surface area contributed by atoms with E-state index >= 15 is 0 Å². The van der Waals surface area contributed by atoms with Crippen LogP contribution in [0.25, 0.3) is 22.3 Å². The van der Waals surface area contributed by atoms with Crippen molar-refractivity contribution in [2.75, 3.05) is 11.1 Å². The fraction of sp³-hybridized carbons (Fsp3) is 0.286. The normalized spacial score (nSPS) is 12.8. The molecule has 158 valence electrons. The highest BCUT2D eigenvalue weighted by Crippen LogP contribution is 2.37. The van der Waals surface area contributed by atoms with Crippen molar-refractivity contribution in [3.05, 3.63) is 41.0 Å². The molecule has 0 aliphatic carbocycles. The Bertz CT molecular complexity index is 1360. The average molecular weight is 419 g/mol. The summed E-state index contributed by atoms with van der Waals surface area (Å²) in [5.41, 5.74) is 11.3. The minimum atomic E-state index is -0.272. The number of aryl methyl sites for hydroxylation is 2. The molecule has 4 aromatic rings. The van der Waals surface area contributed by atoms with Crippen molar-refractivity contribution in [3.63, 3.8) is 0 Å². The average Bonchev–Trinajstić information content (AvgIpc) is 3.40. The molecule has 0 unspecified atom stereocenters. The van der Waals surface area contributed by atoms with Gasteiger partial charge in [-0.1, -0.05) is 0 Å². The topological polar surface area (TPSA) is 112 Å². The summed E-state index contributed by atoms with van der Waals surface area (Å²) in [5, 5.41) is 13.0. The van der Waals surface area contributed by atoms with Crippen molar-refractivity contribution in [3.8, 4) is 11.3 Å². The molecule has 10 heteroatoms. The van der Waals surface area contributed by atoms with Gasteiger partial charge in [-0.2, -0.15) is 20.2 Å². The van der Waals surface area contributed by atoms with Gasteiger partial charge in [0.2, 0.25) is 5.95 Å². The van der Waals surface area contributed by atoms with Crippen LogP contribution < -0.4 is 11.1 Å². The standard InChI is InChI=1S/C21H22FN9/c1-10(2)31-20-17(18(29-31)12-5-6-15(22)14-8-24-7-13(12)14)19(23)26-21(27-20)25-16-9-30(4)28-11(16)3/h5-7,9-10H,8H2,1-4H3,(H3,23,25,26,27). The van der Waals surface area contributed by atoms with Crippen LogP contribution in [0.1, 0.15) is 36.7 Å². The van der Waals surface area contributed by atoms with Gasteiger partial charge >= 0.3 is 0 Å². The van der Waals surface area contributed by atoms with E-state index in [4.69, 9.17) is 15.8 Å².